The Morgan fingerprint density at radius 3 is 2.40 bits per heavy atom. The Bertz CT molecular complexity index is 522. The van der Waals surface area contributed by atoms with E-state index in [2.05, 4.69) is 39.0 Å². The molecule has 1 aromatic heterocycles. The van der Waals surface area contributed by atoms with Crippen LogP contribution in [0, 0.1) is 0 Å². The van der Waals surface area contributed by atoms with E-state index in [-0.39, 0.29) is 18.4 Å². The first-order chi connectivity index (χ1) is 12.1. The average Bonchev–Trinajstić information content (AvgIpc) is 3.17. The number of hydrogen-bond acceptors (Lipinski definition) is 6. The number of likely N-dealkylation sites (tertiary alicyclic amines) is 1. The van der Waals surface area contributed by atoms with Gasteiger partial charge in [0.05, 0.1) is 6.04 Å². The summed E-state index contributed by atoms with van der Waals surface area (Å²) in [7, 11) is 2.14. The van der Waals surface area contributed by atoms with Gasteiger partial charge in [0, 0.05) is 45.2 Å². The van der Waals surface area contributed by atoms with Crippen molar-refractivity contribution in [1.29, 1.82) is 0 Å². The van der Waals surface area contributed by atoms with E-state index in [1.807, 2.05) is 4.90 Å². The van der Waals surface area contributed by atoms with Crippen molar-refractivity contribution in [3.05, 3.63) is 12.2 Å². The van der Waals surface area contributed by atoms with Gasteiger partial charge in [-0.05, 0) is 26.8 Å². The second-order valence-corrected chi connectivity index (χ2v) is 6.59. The molecule has 9 nitrogen and oxygen atoms in total. The second kappa shape index (κ2) is 9.47. The van der Waals surface area contributed by atoms with Gasteiger partial charge < -0.3 is 14.9 Å². The minimum atomic E-state index is -0.250. The molecule has 0 bridgehead atoms. The van der Waals surface area contributed by atoms with Crippen LogP contribution in [0.15, 0.2) is 6.33 Å². The van der Waals surface area contributed by atoms with Crippen molar-refractivity contribution in [3.8, 4) is 0 Å². The zero-order valence-electron chi connectivity index (χ0n) is 15.0. The van der Waals surface area contributed by atoms with Crippen molar-refractivity contribution in [2.75, 3.05) is 46.3 Å². The van der Waals surface area contributed by atoms with Crippen LogP contribution < -0.4 is 0 Å². The molecule has 1 atom stereocenters. The van der Waals surface area contributed by atoms with Gasteiger partial charge in [-0.15, -0.1) is 0 Å². The summed E-state index contributed by atoms with van der Waals surface area (Å²) in [6, 6.07) is -0.00414. The lowest BCUT2D eigenvalue weighted by molar-refractivity contribution is -0.138. The van der Waals surface area contributed by atoms with Crippen molar-refractivity contribution in [1.82, 2.24) is 29.9 Å². The van der Waals surface area contributed by atoms with Gasteiger partial charge in [-0.25, -0.2) is 4.98 Å². The molecule has 3 heterocycles. The van der Waals surface area contributed by atoms with Crippen LogP contribution in [-0.4, -0.2) is 99.7 Å². The van der Waals surface area contributed by atoms with E-state index in [9.17, 15) is 4.79 Å². The van der Waals surface area contributed by atoms with Crippen molar-refractivity contribution in [2.24, 2.45) is 0 Å². The van der Waals surface area contributed by atoms with Crippen LogP contribution in [0.5, 0.6) is 0 Å². The van der Waals surface area contributed by atoms with Crippen molar-refractivity contribution >= 4 is 12.4 Å². The lowest BCUT2D eigenvalue weighted by atomic mass is 9.95. The van der Waals surface area contributed by atoms with E-state index in [1.54, 1.807) is 6.33 Å². The molecule has 2 N–H and O–H groups in total. The highest BCUT2D eigenvalue weighted by Gasteiger charge is 2.31. The van der Waals surface area contributed by atoms with Gasteiger partial charge in [0.15, 0.2) is 0 Å². The highest BCUT2D eigenvalue weighted by Crippen LogP contribution is 2.25. The summed E-state index contributed by atoms with van der Waals surface area (Å²) in [4.78, 5) is 32.0. The Labute approximate surface area is 148 Å². The molecule has 3 rings (SSSR count). The number of nitrogens with one attached hydrogen (secondary N) is 1. The van der Waals surface area contributed by atoms with E-state index in [0.717, 1.165) is 57.9 Å². The zero-order valence-corrected chi connectivity index (χ0v) is 15.0. The summed E-state index contributed by atoms with van der Waals surface area (Å²) in [6.45, 7) is 7.51. The number of rotatable bonds is 3. The summed E-state index contributed by atoms with van der Waals surface area (Å²) in [5.74, 6) is 1.64. The third kappa shape index (κ3) is 5.23. The van der Waals surface area contributed by atoms with Crippen molar-refractivity contribution in [2.45, 2.75) is 31.7 Å². The summed E-state index contributed by atoms with van der Waals surface area (Å²) in [6.07, 6.45) is 3.50. The van der Waals surface area contributed by atoms with Gasteiger partial charge in [-0.3, -0.25) is 19.6 Å². The van der Waals surface area contributed by atoms with Crippen LogP contribution in [0.25, 0.3) is 0 Å². The molecule has 0 saturated carbocycles. The minimum absolute atomic E-state index is 0.00414. The first-order valence-corrected chi connectivity index (χ1v) is 8.71. The standard InChI is InChI=1S/C15H26N6O.CH2O2/c1-12(20-9-7-19(2)8-10-20)15(22)21-5-3-13(4-6-21)14-16-11-17-18-14;2-1-3/h11-13H,3-10H2,1-2H3,(H,16,17,18);1H,(H,2,3). The number of likely N-dealkylation sites (N-methyl/N-ethyl adjacent to an activating group) is 1. The molecule has 2 fully saturated rings. The average molecular weight is 352 g/mol. The minimum Gasteiger partial charge on any atom is -0.483 e. The molecule has 2 aliphatic heterocycles. The predicted octanol–water partition coefficient (Wildman–Crippen LogP) is -0.153. The number of nitrogens with zero attached hydrogens (tertiary/aromatic N) is 5. The Hall–Kier alpha value is -2.00. The van der Waals surface area contributed by atoms with Gasteiger partial charge in [0.25, 0.3) is 6.47 Å². The third-order valence-corrected chi connectivity index (χ3v) is 5.07. The summed E-state index contributed by atoms with van der Waals surface area (Å²) in [5.41, 5.74) is 0. The third-order valence-electron chi connectivity index (χ3n) is 5.07. The monoisotopic (exact) mass is 352 g/mol. The van der Waals surface area contributed by atoms with Crippen LogP contribution in [0.4, 0.5) is 0 Å². The number of piperidine rings is 1. The number of aromatic amines is 1. The number of amides is 1. The quantitative estimate of drug-likeness (QED) is 0.729. The Morgan fingerprint density at radius 1 is 1.28 bits per heavy atom. The summed E-state index contributed by atoms with van der Waals surface area (Å²) < 4.78 is 0. The molecule has 1 aromatic rings. The topological polar surface area (TPSA) is 106 Å². The molecule has 0 radical (unpaired) electrons. The van der Waals surface area contributed by atoms with Gasteiger partial charge in [-0.2, -0.15) is 5.10 Å². The fraction of sp³-hybridized carbons (Fsp3) is 0.750. The maximum absolute atomic E-state index is 12.7. The van der Waals surface area contributed by atoms with Crippen molar-refractivity contribution in [3.63, 3.8) is 0 Å². The SMILES string of the molecule is CC(C(=O)N1CCC(c2ncn[nH]2)CC1)N1CCN(C)CC1.O=CO. The normalized spacial score (nSPS) is 21.3. The molecule has 9 heteroatoms. The molecule has 0 aliphatic carbocycles. The van der Waals surface area contributed by atoms with Crippen molar-refractivity contribution < 1.29 is 14.7 Å². The van der Waals surface area contributed by atoms with E-state index < -0.39 is 0 Å². The number of piperazine rings is 1. The fourth-order valence-electron chi connectivity index (χ4n) is 3.41. The smallest absolute Gasteiger partial charge is 0.290 e. The van der Waals surface area contributed by atoms with E-state index in [4.69, 9.17) is 9.90 Å². The van der Waals surface area contributed by atoms with E-state index >= 15 is 0 Å². The Morgan fingerprint density at radius 2 is 1.88 bits per heavy atom. The molecule has 2 saturated heterocycles. The van der Waals surface area contributed by atoms with Crippen LogP contribution in [0.1, 0.15) is 31.5 Å². The van der Waals surface area contributed by atoms with Crippen LogP contribution in [0.3, 0.4) is 0 Å². The molecule has 1 amide bonds. The molecule has 2 aliphatic rings. The van der Waals surface area contributed by atoms with E-state index in [0.29, 0.717) is 5.92 Å². The van der Waals surface area contributed by atoms with Crippen LogP contribution in [-0.2, 0) is 9.59 Å². The maximum atomic E-state index is 12.7. The van der Waals surface area contributed by atoms with Gasteiger partial charge in [0.2, 0.25) is 5.91 Å². The van der Waals surface area contributed by atoms with Crippen LogP contribution >= 0.6 is 0 Å². The number of hydrogen-bond donors (Lipinski definition) is 2. The Kier molecular flexibility index (Phi) is 7.32. The van der Waals surface area contributed by atoms with Gasteiger partial charge in [0.1, 0.15) is 12.2 Å². The molecule has 25 heavy (non-hydrogen) atoms. The number of carbonyl (C=O) groups excluding carboxylic acids is 1. The highest BCUT2D eigenvalue weighted by molar-refractivity contribution is 5.81. The summed E-state index contributed by atoms with van der Waals surface area (Å²) in [5, 5.41) is 13.8. The molecule has 1 unspecified atom stereocenters. The number of H-pyrrole nitrogens is 1. The largest absolute Gasteiger partial charge is 0.483 e. The number of aromatic nitrogens is 3. The number of carboxylic acid groups (broad SMARTS) is 1. The lowest BCUT2D eigenvalue weighted by Crippen LogP contribution is -2.54. The molecule has 0 aromatic carbocycles. The zero-order chi connectivity index (χ0) is 18.2. The second-order valence-electron chi connectivity index (χ2n) is 6.59. The summed E-state index contributed by atoms with van der Waals surface area (Å²) >= 11 is 0. The maximum Gasteiger partial charge on any atom is 0.290 e. The van der Waals surface area contributed by atoms with E-state index in [1.165, 1.54) is 0 Å². The number of carbonyl (C=O) groups is 2. The van der Waals surface area contributed by atoms with Gasteiger partial charge >= 0.3 is 0 Å². The predicted molar refractivity (Wildman–Crippen MR) is 92.2 cm³/mol. The molecule has 140 valence electrons. The highest BCUT2D eigenvalue weighted by atomic mass is 16.3. The fourth-order valence-corrected chi connectivity index (χ4v) is 3.41. The van der Waals surface area contributed by atoms with Gasteiger partial charge in [-0.1, -0.05) is 0 Å². The Balaban J connectivity index is 0.000000701. The first kappa shape index (κ1) is 19.3. The van der Waals surface area contributed by atoms with Crippen LogP contribution in [0.2, 0.25) is 0 Å². The lowest BCUT2D eigenvalue weighted by Gasteiger charge is -2.39. The molecular formula is C16H28N6O3. The molecular weight excluding hydrogens is 324 g/mol. The first-order valence-electron chi connectivity index (χ1n) is 8.71. The molecule has 0 spiro atoms.